The van der Waals surface area contributed by atoms with E-state index in [0.29, 0.717) is 0 Å². The van der Waals surface area contributed by atoms with Crippen LogP contribution in [0.25, 0.3) is 0 Å². The Morgan fingerprint density at radius 2 is 2.00 bits per heavy atom. The van der Waals surface area contributed by atoms with Crippen molar-refractivity contribution in [1.29, 1.82) is 0 Å². The molecule has 0 unspecified atom stereocenters. The van der Waals surface area contributed by atoms with Crippen LogP contribution < -0.4 is 10.1 Å². The number of benzene rings is 1. The van der Waals surface area contributed by atoms with Crippen molar-refractivity contribution in [2.75, 3.05) is 11.9 Å². The van der Waals surface area contributed by atoms with E-state index in [0.717, 1.165) is 41.0 Å². The summed E-state index contributed by atoms with van der Waals surface area (Å²) in [6.07, 6.45) is 4.66. The highest BCUT2D eigenvalue weighted by Gasteiger charge is 1.97. The van der Waals surface area contributed by atoms with Crippen molar-refractivity contribution < 1.29 is 4.74 Å². The van der Waals surface area contributed by atoms with Gasteiger partial charge >= 0.3 is 0 Å². The quantitative estimate of drug-likeness (QED) is 0.864. The lowest BCUT2D eigenvalue weighted by molar-refractivity contribution is 0.317. The Kier molecular flexibility index (Phi) is 5.21. The maximum Gasteiger partial charge on any atom is 0.119 e. The minimum absolute atomic E-state index is 0.752. The highest BCUT2D eigenvalue weighted by molar-refractivity contribution is 9.10. The van der Waals surface area contributed by atoms with Gasteiger partial charge in [-0.15, -0.1) is 0 Å². The van der Waals surface area contributed by atoms with Crippen LogP contribution in [0.5, 0.6) is 5.75 Å². The summed E-state index contributed by atoms with van der Waals surface area (Å²) in [5.41, 5.74) is 2.21. The first-order chi connectivity index (χ1) is 9.28. The van der Waals surface area contributed by atoms with Crippen LogP contribution in [0, 0.1) is 0 Å². The van der Waals surface area contributed by atoms with Gasteiger partial charge in [0.1, 0.15) is 5.75 Å². The molecule has 19 heavy (non-hydrogen) atoms. The number of nitrogens with one attached hydrogen (secondary N) is 1. The summed E-state index contributed by atoms with van der Waals surface area (Å²) in [5.74, 6) is 0.913. The Labute approximate surface area is 122 Å². The summed E-state index contributed by atoms with van der Waals surface area (Å²) >= 11 is 3.42. The van der Waals surface area contributed by atoms with Crippen LogP contribution in [0.4, 0.5) is 5.69 Å². The molecule has 0 fully saturated rings. The van der Waals surface area contributed by atoms with Crippen molar-refractivity contribution in [3.05, 3.63) is 52.8 Å². The van der Waals surface area contributed by atoms with Crippen molar-refractivity contribution >= 4 is 21.6 Å². The molecule has 1 aromatic heterocycles. The Morgan fingerprint density at radius 3 is 2.68 bits per heavy atom. The molecule has 3 nitrogen and oxygen atoms in total. The minimum Gasteiger partial charge on any atom is -0.494 e. The van der Waals surface area contributed by atoms with Gasteiger partial charge in [-0.05, 0) is 58.2 Å². The Hall–Kier alpha value is -1.55. The first-order valence-electron chi connectivity index (χ1n) is 6.34. The molecule has 1 N–H and O–H groups in total. The van der Waals surface area contributed by atoms with Crippen LogP contribution in [0.3, 0.4) is 0 Å². The van der Waals surface area contributed by atoms with Crippen molar-refractivity contribution in [2.24, 2.45) is 0 Å². The molecule has 0 aliphatic rings. The van der Waals surface area contributed by atoms with Crippen LogP contribution in [-0.4, -0.2) is 11.6 Å². The van der Waals surface area contributed by atoms with E-state index in [9.17, 15) is 0 Å². The van der Waals surface area contributed by atoms with E-state index in [1.807, 2.05) is 30.5 Å². The second-order valence-corrected chi connectivity index (χ2v) is 5.15. The molecule has 0 radical (unpaired) electrons. The molecular weight excluding hydrogens is 304 g/mol. The maximum atomic E-state index is 5.54. The van der Waals surface area contributed by atoms with E-state index in [4.69, 9.17) is 4.74 Å². The van der Waals surface area contributed by atoms with Gasteiger partial charge < -0.3 is 10.1 Å². The number of pyridine rings is 1. The average molecular weight is 321 g/mol. The zero-order chi connectivity index (χ0) is 13.5. The molecule has 2 rings (SSSR count). The normalized spacial score (nSPS) is 10.2. The second-order valence-electron chi connectivity index (χ2n) is 4.24. The number of hydrogen-bond acceptors (Lipinski definition) is 3. The van der Waals surface area contributed by atoms with Crippen molar-refractivity contribution in [2.45, 2.75) is 19.9 Å². The number of ether oxygens (including phenoxy) is 1. The van der Waals surface area contributed by atoms with E-state index in [1.54, 1.807) is 6.20 Å². The van der Waals surface area contributed by atoms with Gasteiger partial charge in [-0.1, -0.05) is 6.92 Å². The second kappa shape index (κ2) is 7.14. The SMILES string of the molecule is CCCOc1ccc(NCc2cncc(Br)c2)cc1. The number of halogens is 1. The summed E-state index contributed by atoms with van der Waals surface area (Å²) in [5, 5.41) is 3.36. The Bertz CT molecular complexity index is 514. The predicted molar refractivity (Wildman–Crippen MR) is 81.5 cm³/mol. The molecule has 0 saturated heterocycles. The number of nitrogens with zero attached hydrogens (tertiary/aromatic N) is 1. The van der Waals surface area contributed by atoms with Crippen LogP contribution in [0.1, 0.15) is 18.9 Å². The van der Waals surface area contributed by atoms with E-state index in [1.165, 1.54) is 0 Å². The fraction of sp³-hybridized carbons (Fsp3) is 0.267. The van der Waals surface area contributed by atoms with Crippen molar-refractivity contribution in [3.63, 3.8) is 0 Å². The van der Waals surface area contributed by atoms with Gasteiger partial charge in [0.05, 0.1) is 6.61 Å². The highest BCUT2D eigenvalue weighted by atomic mass is 79.9. The van der Waals surface area contributed by atoms with Crippen LogP contribution in [0.15, 0.2) is 47.2 Å². The lowest BCUT2D eigenvalue weighted by Crippen LogP contribution is -2.00. The third-order valence-electron chi connectivity index (χ3n) is 2.59. The number of anilines is 1. The van der Waals surface area contributed by atoms with E-state index >= 15 is 0 Å². The Balaban J connectivity index is 1.89. The smallest absolute Gasteiger partial charge is 0.119 e. The average Bonchev–Trinajstić information content (AvgIpc) is 2.44. The van der Waals surface area contributed by atoms with Crippen LogP contribution in [0.2, 0.25) is 0 Å². The van der Waals surface area contributed by atoms with Crippen LogP contribution >= 0.6 is 15.9 Å². The van der Waals surface area contributed by atoms with Crippen molar-refractivity contribution in [1.82, 2.24) is 4.98 Å². The first-order valence-corrected chi connectivity index (χ1v) is 7.13. The molecule has 0 amide bonds. The molecule has 0 spiro atoms. The van der Waals surface area contributed by atoms with Gasteiger partial charge in [-0.3, -0.25) is 4.98 Å². The number of rotatable bonds is 6. The van der Waals surface area contributed by atoms with E-state index in [2.05, 4.69) is 39.2 Å². The standard InChI is InChI=1S/C15H17BrN2O/c1-2-7-19-15-5-3-14(4-6-15)18-10-12-8-13(16)11-17-9-12/h3-6,8-9,11,18H,2,7,10H2,1H3. The molecule has 0 aliphatic carbocycles. The van der Waals surface area contributed by atoms with Crippen molar-refractivity contribution in [3.8, 4) is 5.75 Å². The topological polar surface area (TPSA) is 34.1 Å². The summed E-state index contributed by atoms with van der Waals surface area (Å²) < 4.78 is 6.54. The molecule has 1 heterocycles. The third kappa shape index (κ3) is 4.56. The minimum atomic E-state index is 0.752. The summed E-state index contributed by atoms with van der Waals surface area (Å²) in [6.45, 7) is 3.61. The van der Waals surface area contributed by atoms with Gasteiger partial charge in [0.2, 0.25) is 0 Å². The fourth-order valence-electron chi connectivity index (χ4n) is 1.65. The summed E-state index contributed by atoms with van der Waals surface area (Å²) in [6, 6.07) is 10.1. The third-order valence-corrected chi connectivity index (χ3v) is 3.02. The molecule has 1 aromatic carbocycles. The highest BCUT2D eigenvalue weighted by Crippen LogP contribution is 2.17. The lowest BCUT2D eigenvalue weighted by Gasteiger charge is -2.08. The zero-order valence-electron chi connectivity index (χ0n) is 10.9. The fourth-order valence-corrected chi connectivity index (χ4v) is 2.06. The van der Waals surface area contributed by atoms with E-state index in [-0.39, 0.29) is 0 Å². The molecule has 0 aliphatic heterocycles. The lowest BCUT2D eigenvalue weighted by atomic mass is 10.2. The largest absolute Gasteiger partial charge is 0.494 e. The van der Waals surface area contributed by atoms with Crippen LogP contribution in [-0.2, 0) is 6.54 Å². The number of hydrogen-bond donors (Lipinski definition) is 1. The first kappa shape index (κ1) is 13.9. The molecule has 4 heteroatoms. The summed E-state index contributed by atoms with van der Waals surface area (Å²) in [4.78, 5) is 4.14. The summed E-state index contributed by atoms with van der Waals surface area (Å²) in [7, 11) is 0. The molecule has 2 aromatic rings. The maximum absolute atomic E-state index is 5.54. The number of aromatic nitrogens is 1. The molecule has 0 bridgehead atoms. The molecule has 0 atom stereocenters. The molecular formula is C15H17BrN2O. The zero-order valence-corrected chi connectivity index (χ0v) is 12.5. The molecule has 0 saturated carbocycles. The van der Waals surface area contributed by atoms with Gasteiger partial charge in [0.25, 0.3) is 0 Å². The predicted octanol–water partition coefficient (Wildman–Crippen LogP) is 4.25. The van der Waals surface area contributed by atoms with Gasteiger partial charge in [0, 0.05) is 29.1 Å². The Morgan fingerprint density at radius 1 is 1.21 bits per heavy atom. The van der Waals surface area contributed by atoms with Gasteiger partial charge in [-0.25, -0.2) is 0 Å². The monoisotopic (exact) mass is 320 g/mol. The van der Waals surface area contributed by atoms with Gasteiger partial charge in [0.15, 0.2) is 0 Å². The molecule has 100 valence electrons. The van der Waals surface area contributed by atoms with Gasteiger partial charge in [-0.2, -0.15) is 0 Å². The van der Waals surface area contributed by atoms with E-state index < -0.39 is 0 Å².